The Morgan fingerprint density at radius 3 is 2.70 bits per heavy atom. The van der Waals surface area contributed by atoms with Gasteiger partial charge in [-0.05, 0) is 37.7 Å². The van der Waals surface area contributed by atoms with Gasteiger partial charge in [0.05, 0.1) is 18.5 Å². The lowest BCUT2D eigenvalue weighted by Gasteiger charge is -2.21. The summed E-state index contributed by atoms with van der Waals surface area (Å²) in [5, 5.41) is 0. The van der Waals surface area contributed by atoms with E-state index < -0.39 is 10.1 Å². The Labute approximate surface area is 121 Å². The van der Waals surface area contributed by atoms with Crippen molar-refractivity contribution in [3.05, 3.63) is 35.9 Å². The van der Waals surface area contributed by atoms with E-state index in [0.717, 1.165) is 31.2 Å². The topological polar surface area (TPSA) is 52.6 Å². The van der Waals surface area contributed by atoms with Crippen LogP contribution < -0.4 is 0 Å². The van der Waals surface area contributed by atoms with Crippen molar-refractivity contribution in [2.75, 3.05) is 19.0 Å². The molecular formula is C15H22O4S. The second kappa shape index (κ2) is 7.76. The van der Waals surface area contributed by atoms with E-state index in [2.05, 4.69) is 0 Å². The second-order valence-electron chi connectivity index (χ2n) is 5.12. The van der Waals surface area contributed by atoms with Crippen LogP contribution in [0.5, 0.6) is 0 Å². The molecule has 1 aliphatic heterocycles. The summed E-state index contributed by atoms with van der Waals surface area (Å²) in [6.07, 6.45) is 4.30. The van der Waals surface area contributed by atoms with Crippen molar-refractivity contribution in [3.63, 3.8) is 0 Å². The van der Waals surface area contributed by atoms with Gasteiger partial charge in [0.15, 0.2) is 0 Å². The van der Waals surface area contributed by atoms with Crippen molar-refractivity contribution >= 4 is 10.1 Å². The van der Waals surface area contributed by atoms with Crippen molar-refractivity contribution in [1.82, 2.24) is 0 Å². The highest BCUT2D eigenvalue weighted by atomic mass is 32.2. The van der Waals surface area contributed by atoms with Crippen LogP contribution in [0.1, 0.15) is 31.2 Å². The number of rotatable bonds is 7. The first-order valence-electron chi connectivity index (χ1n) is 7.18. The minimum Gasteiger partial charge on any atom is -0.376 e. The molecule has 0 N–H and O–H groups in total. The number of hydrogen-bond donors (Lipinski definition) is 0. The third kappa shape index (κ3) is 5.61. The number of ether oxygens (including phenoxy) is 1. The van der Waals surface area contributed by atoms with Gasteiger partial charge >= 0.3 is 0 Å². The van der Waals surface area contributed by atoms with Gasteiger partial charge in [-0.25, -0.2) is 0 Å². The van der Waals surface area contributed by atoms with Crippen LogP contribution in [0.15, 0.2) is 30.3 Å². The molecule has 0 spiro atoms. The summed E-state index contributed by atoms with van der Waals surface area (Å²) in [4.78, 5) is 0. The first-order chi connectivity index (χ1) is 9.66. The summed E-state index contributed by atoms with van der Waals surface area (Å²) < 4.78 is 34.1. The lowest BCUT2D eigenvalue weighted by Crippen LogP contribution is -2.26. The van der Waals surface area contributed by atoms with Gasteiger partial charge in [-0.2, -0.15) is 8.42 Å². The van der Waals surface area contributed by atoms with Crippen LogP contribution in [0.2, 0.25) is 0 Å². The maximum Gasteiger partial charge on any atom is 0.267 e. The van der Waals surface area contributed by atoms with E-state index in [1.807, 2.05) is 30.3 Å². The van der Waals surface area contributed by atoms with Crippen molar-refractivity contribution in [2.24, 2.45) is 0 Å². The highest BCUT2D eigenvalue weighted by Crippen LogP contribution is 2.14. The molecule has 0 radical (unpaired) electrons. The largest absolute Gasteiger partial charge is 0.376 e. The Morgan fingerprint density at radius 2 is 2.00 bits per heavy atom. The molecule has 4 nitrogen and oxygen atoms in total. The van der Waals surface area contributed by atoms with Crippen molar-refractivity contribution < 1.29 is 17.3 Å². The molecule has 2 rings (SSSR count). The summed E-state index contributed by atoms with van der Waals surface area (Å²) in [5.41, 5.74) is 1.15. The van der Waals surface area contributed by atoms with E-state index in [1.54, 1.807) is 0 Å². The first kappa shape index (κ1) is 15.5. The zero-order chi connectivity index (χ0) is 14.3. The van der Waals surface area contributed by atoms with Crippen molar-refractivity contribution in [3.8, 4) is 0 Å². The van der Waals surface area contributed by atoms with Crippen molar-refractivity contribution in [2.45, 2.75) is 38.2 Å². The van der Waals surface area contributed by atoms with Gasteiger partial charge < -0.3 is 4.74 Å². The molecule has 1 aromatic rings. The second-order valence-corrected chi connectivity index (χ2v) is 6.88. The Hall–Kier alpha value is -0.910. The number of benzene rings is 1. The van der Waals surface area contributed by atoms with Gasteiger partial charge in [0.25, 0.3) is 10.1 Å². The molecule has 1 fully saturated rings. The smallest absolute Gasteiger partial charge is 0.267 e. The van der Waals surface area contributed by atoms with Gasteiger partial charge in [-0.1, -0.05) is 30.3 Å². The Balaban J connectivity index is 1.68. The standard InChI is InChI=1S/C15H22O4S/c16-20(17,19-13-15-10-4-5-11-18-15)12-6-9-14-7-2-1-3-8-14/h1-3,7-8,15H,4-6,9-13H2. The fourth-order valence-corrected chi connectivity index (χ4v) is 3.25. The van der Waals surface area contributed by atoms with Gasteiger partial charge in [-0.3, -0.25) is 4.18 Å². The molecule has 0 amide bonds. The normalized spacial score (nSPS) is 19.9. The fourth-order valence-electron chi connectivity index (χ4n) is 2.28. The molecule has 1 heterocycles. The van der Waals surface area contributed by atoms with Gasteiger partial charge in [0, 0.05) is 6.61 Å². The molecule has 1 aliphatic rings. The molecule has 5 heteroatoms. The number of hydrogen-bond acceptors (Lipinski definition) is 4. The van der Waals surface area contributed by atoms with E-state index in [0.29, 0.717) is 13.0 Å². The fraction of sp³-hybridized carbons (Fsp3) is 0.600. The zero-order valence-corrected chi connectivity index (χ0v) is 12.5. The van der Waals surface area contributed by atoms with Crippen LogP contribution >= 0.6 is 0 Å². The summed E-state index contributed by atoms with van der Waals surface area (Å²) in [6, 6.07) is 9.88. The summed E-state index contributed by atoms with van der Waals surface area (Å²) in [6.45, 7) is 0.871. The Morgan fingerprint density at radius 1 is 1.20 bits per heavy atom. The van der Waals surface area contributed by atoms with Crippen LogP contribution in [0.3, 0.4) is 0 Å². The maximum atomic E-state index is 11.8. The quantitative estimate of drug-likeness (QED) is 0.726. The predicted molar refractivity (Wildman–Crippen MR) is 78.1 cm³/mol. The number of aryl methyl sites for hydroxylation is 1. The van der Waals surface area contributed by atoms with E-state index >= 15 is 0 Å². The maximum absolute atomic E-state index is 11.8. The molecule has 1 aromatic carbocycles. The highest BCUT2D eigenvalue weighted by molar-refractivity contribution is 7.86. The molecule has 1 atom stereocenters. The predicted octanol–water partition coefficient (Wildman–Crippen LogP) is 2.53. The third-order valence-corrected chi connectivity index (χ3v) is 4.69. The van der Waals surface area contributed by atoms with Crippen molar-refractivity contribution in [1.29, 1.82) is 0 Å². The SMILES string of the molecule is O=S(=O)(CCCc1ccccc1)OCC1CCCCO1. The molecule has 112 valence electrons. The van der Waals surface area contributed by atoms with Gasteiger partial charge in [0.1, 0.15) is 0 Å². The van der Waals surface area contributed by atoms with Crippen LogP contribution in [-0.4, -0.2) is 33.5 Å². The van der Waals surface area contributed by atoms with E-state index in [1.165, 1.54) is 0 Å². The molecule has 0 saturated carbocycles. The summed E-state index contributed by atoms with van der Waals surface area (Å²) >= 11 is 0. The molecule has 1 saturated heterocycles. The lowest BCUT2D eigenvalue weighted by atomic mass is 10.1. The Kier molecular flexibility index (Phi) is 6.01. The van der Waals surface area contributed by atoms with Gasteiger partial charge in [0.2, 0.25) is 0 Å². The molecule has 20 heavy (non-hydrogen) atoms. The lowest BCUT2D eigenvalue weighted by molar-refractivity contribution is -0.00971. The zero-order valence-electron chi connectivity index (χ0n) is 11.7. The summed E-state index contributed by atoms with van der Waals surface area (Å²) in [7, 11) is -3.43. The molecule has 0 bridgehead atoms. The van der Waals surface area contributed by atoms with Gasteiger partial charge in [-0.15, -0.1) is 0 Å². The molecular weight excluding hydrogens is 276 g/mol. The first-order valence-corrected chi connectivity index (χ1v) is 8.76. The van der Waals surface area contributed by atoms with Crippen LogP contribution in [0, 0.1) is 0 Å². The minimum absolute atomic E-state index is 0.0624. The molecule has 1 unspecified atom stereocenters. The third-order valence-electron chi connectivity index (χ3n) is 3.41. The van der Waals surface area contributed by atoms with Crippen LogP contribution in [0.25, 0.3) is 0 Å². The molecule has 0 aliphatic carbocycles. The Bertz CT molecular complexity index is 478. The highest BCUT2D eigenvalue weighted by Gasteiger charge is 2.18. The van der Waals surface area contributed by atoms with Crippen LogP contribution in [0.4, 0.5) is 0 Å². The monoisotopic (exact) mass is 298 g/mol. The van der Waals surface area contributed by atoms with Crippen LogP contribution in [-0.2, 0) is 25.5 Å². The van der Waals surface area contributed by atoms with E-state index in [-0.39, 0.29) is 18.5 Å². The average molecular weight is 298 g/mol. The van der Waals surface area contributed by atoms with E-state index in [9.17, 15) is 8.42 Å². The average Bonchev–Trinajstić information content (AvgIpc) is 2.47. The minimum atomic E-state index is -3.43. The van der Waals surface area contributed by atoms with E-state index in [4.69, 9.17) is 8.92 Å². The molecule has 0 aromatic heterocycles. The summed E-state index contributed by atoms with van der Waals surface area (Å²) in [5.74, 6) is 0.0641.